The molecule has 0 aromatic heterocycles. The van der Waals surface area contributed by atoms with E-state index in [1.807, 2.05) is 30.3 Å². The lowest BCUT2D eigenvalue weighted by Gasteiger charge is -2.05. The van der Waals surface area contributed by atoms with Crippen molar-refractivity contribution in [2.24, 2.45) is 0 Å². The normalized spacial score (nSPS) is 10.4. The van der Waals surface area contributed by atoms with E-state index in [1.165, 1.54) is 5.56 Å². The van der Waals surface area contributed by atoms with E-state index in [4.69, 9.17) is 9.47 Å². The highest BCUT2D eigenvalue weighted by Crippen LogP contribution is 2.13. The van der Waals surface area contributed by atoms with Gasteiger partial charge in [-0.15, -0.1) is 0 Å². The Bertz CT molecular complexity index is 561. The zero-order valence-corrected chi connectivity index (χ0v) is 13.0. The number of ether oxygens (including phenoxy) is 2. The van der Waals surface area contributed by atoms with E-state index >= 15 is 0 Å². The van der Waals surface area contributed by atoms with Crippen LogP contribution in [0.3, 0.4) is 0 Å². The average Bonchev–Trinajstić information content (AvgIpc) is 2.58. The first-order chi connectivity index (χ1) is 10.8. The Morgan fingerprint density at radius 1 is 0.955 bits per heavy atom. The van der Waals surface area contributed by atoms with Gasteiger partial charge >= 0.3 is 0 Å². The minimum atomic E-state index is 0.148. The van der Waals surface area contributed by atoms with Crippen molar-refractivity contribution in [2.45, 2.75) is 19.3 Å². The van der Waals surface area contributed by atoms with Crippen molar-refractivity contribution in [1.82, 2.24) is 0 Å². The van der Waals surface area contributed by atoms with Gasteiger partial charge in [0, 0.05) is 18.6 Å². The van der Waals surface area contributed by atoms with Gasteiger partial charge in [0.2, 0.25) is 0 Å². The van der Waals surface area contributed by atoms with Crippen LogP contribution >= 0.6 is 0 Å². The van der Waals surface area contributed by atoms with Gasteiger partial charge in [-0.2, -0.15) is 0 Å². The zero-order valence-electron chi connectivity index (χ0n) is 13.0. The third kappa shape index (κ3) is 5.34. The molecule has 0 fully saturated rings. The topological polar surface area (TPSA) is 35.5 Å². The van der Waals surface area contributed by atoms with E-state index in [9.17, 15) is 4.79 Å². The smallest absolute Gasteiger partial charge is 0.162 e. The highest BCUT2D eigenvalue weighted by Gasteiger charge is 2.05. The predicted octanol–water partition coefficient (Wildman–Crippen LogP) is 3.92. The molecule has 0 saturated heterocycles. The molecule has 3 nitrogen and oxygen atoms in total. The molecule has 0 aliphatic carbocycles. The Labute approximate surface area is 131 Å². The van der Waals surface area contributed by atoms with Crippen LogP contribution in [0, 0.1) is 0 Å². The van der Waals surface area contributed by atoms with Gasteiger partial charge in [-0.05, 0) is 42.7 Å². The van der Waals surface area contributed by atoms with Gasteiger partial charge in [0.25, 0.3) is 0 Å². The molecular weight excluding hydrogens is 276 g/mol. The molecule has 0 aliphatic rings. The highest BCUT2D eigenvalue weighted by atomic mass is 16.5. The summed E-state index contributed by atoms with van der Waals surface area (Å²) >= 11 is 0. The Morgan fingerprint density at radius 2 is 1.68 bits per heavy atom. The summed E-state index contributed by atoms with van der Waals surface area (Å²) in [5.41, 5.74) is 2.00. The van der Waals surface area contributed by atoms with E-state index in [-0.39, 0.29) is 5.78 Å². The van der Waals surface area contributed by atoms with E-state index in [0.29, 0.717) is 19.6 Å². The van der Waals surface area contributed by atoms with Gasteiger partial charge in [-0.1, -0.05) is 30.3 Å². The number of rotatable bonds is 9. The number of hydrogen-bond acceptors (Lipinski definition) is 3. The van der Waals surface area contributed by atoms with Crippen LogP contribution in [-0.2, 0) is 11.2 Å². The molecule has 0 N–H and O–H groups in total. The van der Waals surface area contributed by atoms with Crippen LogP contribution < -0.4 is 4.74 Å². The maximum Gasteiger partial charge on any atom is 0.162 e. The van der Waals surface area contributed by atoms with Crippen molar-refractivity contribution in [1.29, 1.82) is 0 Å². The van der Waals surface area contributed by atoms with Crippen LogP contribution in [0.15, 0.2) is 54.6 Å². The minimum Gasteiger partial charge on any atom is -0.497 e. The fourth-order valence-electron chi connectivity index (χ4n) is 2.19. The summed E-state index contributed by atoms with van der Waals surface area (Å²) in [5.74, 6) is 0.912. The van der Waals surface area contributed by atoms with Crippen molar-refractivity contribution < 1.29 is 14.3 Å². The van der Waals surface area contributed by atoms with Crippen LogP contribution in [-0.4, -0.2) is 26.1 Å². The monoisotopic (exact) mass is 298 g/mol. The third-order valence-electron chi connectivity index (χ3n) is 3.48. The molecule has 2 aromatic rings. The summed E-state index contributed by atoms with van der Waals surface area (Å²) in [6.07, 6.45) is 2.17. The largest absolute Gasteiger partial charge is 0.497 e. The first-order valence-corrected chi connectivity index (χ1v) is 7.58. The summed E-state index contributed by atoms with van der Waals surface area (Å²) in [7, 11) is 1.61. The van der Waals surface area contributed by atoms with Gasteiger partial charge in [0.1, 0.15) is 5.75 Å². The maximum atomic E-state index is 12.0. The van der Waals surface area contributed by atoms with Gasteiger partial charge < -0.3 is 9.47 Å². The second-order valence-corrected chi connectivity index (χ2v) is 5.10. The van der Waals surface area contributed by atoms with Gasteiger partial charge in [0.05, 0.1) is 13.7 Å². The Hall–Kier alpha value is -2.13. The van der Waals surface area contributed by atoms with Gasteiger partial charge in [0.15, 0.2) is 5.78 Å². The fourth-order valence-corrected chi connectivity index (χ4v) is 2.19. The van der Waals surface area contributed by atoms with Crippen LogP contribution in [0.1, 0.15) is 28.8 Å². The Balaban J connectivity index is 1.60. The van der Waals surface area contributed by atoms with Gasteiger partial charge in [-0.25, -0.2) is 0 Å². The Morgan fingerprint density at radius 3 is 2.36 bits per heavy atom. The standard InChI is InChI=1S/C19H22O3/c1-21-18-11-9-17(10-12-18)19(20)8-5-14-22-15-13-16-6-3-2-4-7-16/h2-4,6-7,9-12H,5,8,13-15H2,1H3. The number of benzene rings is 2. The molecule has 2 aromatic carbocycles. The van der Waals surface area contributed by atoms with Crippen LogP contribution in [0.4, 0.5) is 0 Å². The second-order valence-electron chi connectivity index (χ2n) is 5.10. The molecule has 116 valence electrons. The minimum absolute atomic E-state index is 0.148. The lowest BCUT2D eigenvalue weighted by molar-refractivity contribution is 0.0940. The number of methoxy groups -OCH3 is 1. The average molecular weight is 298 g/mol. The summed E-state index contributed by atoms with van der Waals surface area (Å²) in [5, 5.41) is 0. The SMILES string of the molecule is COc1ccc(C(=O)CCCOCCc2ccccc2)cc1. The molecular formula is C19H22O3. The molecule has 0 aliphatic heterocycles. The van der Waals surface area contributed by atoms with E-state index in [2.05, 4.69) is 12.1 Å². The molecule has 22 heavy (non-hydrogen) atoms. The fraction of sp³-hybridized carbons (Fsp3) is 0.316. The van der Waals surface area contributed by atoms with Crippen molar-refractivity contribution in [2.75, 3.05) is 20.3 Å². The molecule has 0 saturated carbocycles. The van der Waals surface area contributed by atoms with Crippen LogP contribution in [0.5, 0.6) is 5.75 Å². The van der Waals surface area contributed by atoms with Gasteiger partial charge in [-0.3, -0.25) is 4.79 Å². The first kappa shape index (κ1) is 16.2. The number of Topliss-reactive ketones (excluding diaryl/α,β-unsaturated/α-hetero) is 1. The van der Waals surface area contributed by atoms with Crippen LogP contribution in [0.2, 0.25) is 0 Å². The number of hydrogen-bond donors (Lipinski definition) is 0. The van der Waals surface area contributed by atoms with Crippen molar-refractivity contribution in [3.63, 3.8) is 0 Å². The van der Waals surface area contributed by atoms with Crippen molar-refractivity contribution >= 4 is 5.78 Å². The first-order valence-electron chi connectivity index (χ1n) is 7.58. The molecule has 0 heterocycles. The Kier molecular flexibility index (Phi) is 6.65. The summed E-state index contributed by atoms with van der Waals surface area (Å²) in [4.78, 5) is 12.0. The molecule has 0 amide bonds. The summed E-state index contributed by atoms with van der Waals surface area (Å²) in [6.45, 7) is 1.31. The molecule has 0 atom stereocenters. The lowest BCUT2D eigenvalue weighted by atomic mass is 10.1. The van der Waals surface area contributed by atoms with Crippen molar-refractivity contribution in [3.05, 3.63) is 65.7 Å². The molecule has 2 rings (SSSR count). The summed E-state index contributed by atoms with van der Waals surface area (Å²) in [6, 6.07) is 17.5. The van der Waals surface area contributed by atoms with E-state index in [0.717, 1.165) is 24.2 Å². The van der Waals surface area contributed by atoms with E-state index < -0.39 is 0 Å². The second kappa shape index (κ2) is 9.00. The number of carbonyl (C=O) groups is 1. The lowest BCUT2D eigenvalue weighted by Crippen LogP contribution is -2.04. The molecule has 0 spiro atoms. The quantitative estimate of drug-likeness (QED) is 0.520. The summed E-state index contributed by atoms with van der Waals surface area (Å²) < 4.78 is 10.7. The number of ketones is 1. The zero-order chi connectivity index (χ0) is 15.6. The highest BCUT2D eigenvalue weighted by molar-refractivity contribution is 5.96. The third-order valence-corrected chi connectivity index (χ3v) is 3.48. The molecule has 0 bridgehead atoms. The molecule has 0 unspecified atom stereocenters. The molecule has 3 heteroatoms. The van der Waals surface area contributed by atoms with Crippen LogP contribution in [0.25, 0.3) is 0 Å². The molecule has 0 radical (unpaired) electrons. The van der Waals surface area contributed by atoms with E-state index in [1.54, 1.807) is 19.2 Å². The maximum absolute atomic E-state index is 12.0. The predicted molar refractivity (Wildman–Crippen MR) is 87.5 cm³/mol. The number of carbonyl (C=O) groups excluding carboxylic acids is 1. The van der Waals surface area contributed by atoms with Crippen molar-refractivity contribution in [3.8, 4) is 5.75 Å².